The smallest absolute Gasteiger partial charge is 0.264 e. The molecule has 0 aromatic heterocycles. The molecule has 0 saturated heterocycles. The Labute approximate surface area is 245 Å². The van der Waals surface area contributed by atoms with Gasteiger partial charge in [0.15, 0.2) is 0 Å². The maximum atomic E-state index is 14.7. The van der Waals surface area contributed by atoms with Crippen molar-refractivity contribution in [1.29, 1.82) is 0 Å². The molecule has 0 heterocycles. The number of hydrogen-bond acceptors (Lipinski definition) is 5. The Kier molecular flexibility index (Phi) is 10.2. The molecule has 42 heavy (non-hydrogen) atoms. The highest BCUT2D eigenvalue weighted by molar-refractivity contribution is 7.92. The molecule has 1 atom stereocenters. The van der Waals surface area contributed by atoms with Gasteiger partial charge in [-0.05, 0) is 81.3 Å². The number of nitrogens with zero attached hydrogens (tertiary/aromatic N) is 2. The summed E-state index contributed by atoms with van der Waals surface area (Å²) < 4.78 is 62.3. The molecule has 1 N–H and O–H groups in total. The van der Waals surface area contributed by atoms with Crippen molar-refractivity contribution in [2.75, 3.05) is 17.5 Å². The fraction of sp³-hybridized carbons (Fsp3) is 0.355. The van der Waals surface area contributed by atoms with Crippen molar-refractivity contribution in [3.05, 3.63) is 90.0 Å². The van der Waals surface area contributed by atoms with Crippen molar-refractivity contribution >= 4 is 27.5 Å². The fourth-order valence-electron chi connectivity index (χ4n) is 4.92. The van der Waals surface area contributed by atoms with Gasteiger partial charge in [-0.3, -0.25) is 13.9 Å². The van der Waals surface area contributed by atoms with Crippen LogP contribution >= 0.6 is 0 Å². The van der Waals surface area contributed by atoms with Gasteiger partial charge in [-0.15, -0.1) is 0 Å². The van der Waals surface area contributed by atoms with Crippen LogP contribution < -0.4 is 14.4 Å². The Morgan fingerprint density at radius 3 is 2.24 bits per heavy atom. The molecule has 1 fully saturated rings. The van der Waals surface area contributed by atoms with Crippen LogP contribution in [0.2, 0.25) is 0 Å². The Morgan fingerprint density at radius 2 is 1.62 bits per heavy atom. The molecule has 0 radical (unpaired) electrons. The summed E-state index contributed by atoms with van der Waals surface area (Å²) in [5, 5.41) is 2.97. The average molecular weight is 600 g/mol. The summed E-state index contributed by atoms with van der Waals surface area (Å²) in [6.07, 6.45) is 3.66. The van der Waals surface area contributed by atoms with Crippen LogP contribution in [0.15, 0.2) is 77.7 Å². The molecule has 4 rings (SSSR count). The predicted octanol–water partition coefficient (Wildman–Crippen LogP) is 5.03. The van der Waals surface area contributed by atoms with Crippen LogP contribution in [-0.2, 0) is 26.2 Å². The van der Waals surface area contributed by atoms with Crippen LogP contribution in [0.1, 0.15) is 45.1 Å². The molecule has 0 bridgehead atoms. The van der Waals surface area contributed by atoms with E-state index in [1.165, 1.54) is 35.2 Å². The number of benzene rings is 3. The highest BCUT2D eigenvalue weighted by atomic mass is 32.2. The maximum Gasteiger partial charge on any atom is 0.264 e. The number of ether oxygens (including phenoxy) is 1. The quantitative estimate of drug-likeness (QED) is 0.315. The van der Waals surface area contributed by atoms with Gasteiger partial charge >= 0.3 is 0 Å². The van der Waals surface area contributed by atoms with Gasteiger partial charge in [0, 0.05) is 18.2 Å². The topological polar surface area (TPSA) is 96.0 Å². The molecule has 0 spiro atoms. The van der Waals surface area contributed by atoms with Crippen molar-refractivity contribution in [2.24, 2.45) is 0 Å². The zero-order valence-electron chi connectivity index (χ0n) is 23.6. The number of halogens is 2. The molecule has 8 nitrogen and oxygen atoms in total. The first kappa shape index (κ1) is 31.0. The molecule has 1 saturated carbocycles. The molecular weight excluding hydrogens is 564 g/mol. The summed E-state index contributed by atoms with van der Waals surface area (Å²) in [6.45, 7) is 2.81. The number of rotatable bonds is 12. The third-order valence-electron chi connectivity index (χ3n) is 7.28. The van der Waals surface area contributed by atoms with E-state index in [0.717, 1.165) is 54.3 Å². The van der Waals surface area contributed by atoms with E-state index in [1.54, 1.807) is 25.1 Å². The van der Waals surface area contributed by atoms with Gasteiger partial charge in [-0.1, -0.05) is 31.0 Å². The summed E-state index contributed by atoms with van der Waals surface area (Å²) in [7, 11) is -4.37. The molecule has 0 aliphatic heterocycles. The lowest BCUT2D eigenvalue weighted by Crippen LogP contribution is -2.52. The summed E-state index contributed by atoms with van der Waals surface area (Å²) in [6, 6.07) is 15.3. The second kappa shape index (κ2) is 13.8. The molecule has 11 heteroatoms. The van der Waals surface area contributed by atoms with Crippen molar-refractivity contribution in [2.45, 2.75) is 63.1 Å². The lowest BCUT2D eigenvalue weighted by Gasteiger charge is -2.32. The van der Waals surface area contributed by atoms with Crippen molar-refractivity contribution in [3.63, 3.8) is 0 Å². The Bertz CT molecular complexity index is 1480. The highest BCUT2D eigenvalue weighted by Crippen LogP contribution is 2.27. The van der Waals surface area contributed by atoms with Gasteiger partial charge < -0.3 is 15.0 Å². The van der Waals surface area contributed by atoms with Gasteiger partial charge in [0.05, 0.1) is 17.2 Å². The lowest BCUT2D eigenvalue weighted by molar-refractivity contribution is -0.139. The first-order chi connectivity index (χ1) is 20.1. The zero-order valence-corrected chi connectivity index (χ0v) is 24.4. The van der Waals surface area contributed by atoms with Crippen LogP contribution in [0.4, 0.5) is 14.5 Å². The van der Waals surface area contributed by atoms with Gasteiger partial charge in [0.1, 0.15) is 30.0 Å². The first-order valence-corrected chi connectivity index (χ1v) is 15.4. The first-order valence-electron chi connectivity index (χ1n) is 13.9. The van der Waals surface area contributed by atoms with E-state index in [-0.39, 0.29) is 28.7 Å². The molecular formula is C31H35F2N3O5S. The van der Waals surface area contributed by atoms with E-state index in [4.69, 9.17) is 4.74 Å². The summed E-state index contributed by atoms with van der Waals surface area (Å²) in [5.74, 6) is -1.78. The maximum absolute atomic E-state index is 14.7. The number of sulfonamides is 1. The second-order valence-corrected chi connectivity index (χ2v) is 12.0. The van der Waals surface area contributed by atoms with E-state index in [0.29, 0.717) is 12.4 Å². The van der Waals surface area contributed by atoms with Gasteiger partial charge in [-0.2, -0.15) is 0 Å². The molecule has 3 aromatic carbocycles. The van der Waals surface area contributed by atoms with E-state index in [9.17, 15) is 26.8 Å². The molecule has 1 aliphatic rings. The van der Waals surface area contributed by atoms with Crippen LogP contribution in [0.25, 0.3) is 0 Å². The van der Waals surface area contributed by atoms with E-state index >= 15 is 0 Å². The minimum Gasteiger partial charge on any atom is -0.494 e. The number of anilines is 1. The SMILES string of the molecule is CCOc1ccc(N(CC(=O)N(Cc2ccccc2F)[C@H](C)C(=O)NC2CCCC2)S(=O)(=O)c2ccc(F)cc2)cc1. The molecule has 2 amide bonds. The fourth-order valence-corrected chi connectivity index (χ4v) is 6.34. The summed E-state index contributed by atoms with van der Waals surface area (Å²) in [4.78, 5) is 28.2. The van der Waals surface area contributed by atoms with Crippen LogP contribution in [-0.4, -0.2) is 50.4 Å². The predicted molar refractivity (Wildman–Crippen MR) is 155 cm³/mol. The standard InChI is InChI=1S/C31H35F2N3O5S/c1-3-41-27-16-14-26(15-17-27)36(42(39,40)28-18-12-24(32)13-19-28)21-30(37)35(20-23-8-4-7-11-29(23)33)22(2)31(38)34-25-9-5-6-10-25/h4,7-8,11-19,22,25H,3,5-6,9-10,20-21H2,1-2H3,(H,34,38)/t22-/m1/s1. The van der Waals surface area contributed by atoms with Crippen LogP contribution in [0, 0.1) is 11.6 Å². The van der Waals surface area contributed by atoms with Crippen LogP contribution in [0.3, 0.4) is 0 Å². The monoisotopic (exact) mass is 599 g/mol. The van der Waals surface area contributed by atoms with Gasteiger partial charge in [0.25, 0.3) is 10.0 Å². The summed E-state index contributed by atoms with van der Waals surface area (Å²) >= 11 is 0. The number of carbonyl (C=O) groups is 2. The van der Waals surface area contributed by atoms with E-state index < -0.39 is 46.1 Å². The largest absolute Gasteiger partial charge is 0.494 e. The van der Waals surface area contributed by atoms with E-state index in [1.807, 2.05) is 6.92 Å². The zero-order chi connectivity index (χ0) is 30.3. The molecule has 224 valence electrons. The van der Waals surface area contributed by atoms with Crippen molar-refractivity contribution in [3.8, 4) is 5.75 Å². The minimum atomic E-state index is -4.37. The second-order valence-electron chi connectivity index (χ2n) is 10.2. The third-order valence-corrected chi connectivity index (χ3v) is 9.07. The number of nitrogens with one attached hydrogen (secondary N) is 1. The molecule has 3 aromatic rings. The Balaban J connectivity index is 1.69. The Morgan fingerprint density at radius 1 is 0.976 bits per heavy atom. The van der Waals surface area contributed by atoms with E-state index in [2.05, 4.69) is 5.32 Å². The molecule has 1 aliphatic carbocycles. The van der Waals surface area contributed by atoms with Gasteiger partial charge in [-0.25, -0.2) is 17.2 Å². The van der Waals surface area contributed by atoms with Crippen molar-refractivity contribution in [1.82, 2.24) is 10.2 Å². The highest BCUT2D eigenvalue weighted by Gasteiger charge is 2.33. The lowest BCUT2D eigenvalue weighted by atomic mass is 10.1. The van der Waals surface area contributed by atoms with Gasteiger partial charge in [0.2, 0.25) is 11.8 Å². The van der Waals surface area contributed by atoms with Crippen molar-refractivity contribution < 1.29 is 31.5 Å². The summed E-state index contributed by atoms with van der Waals surface area (Å²) in [5.41, 5.74) is 0.338. The number of carbonyl (C=O) groups excluding carboxylic acids is 2. The molecule has 0 unspecified atom stereocenters. The normalized spacial score (nSPS) is 14.3. The number of amides is 2. The Hall–Kier alpha value is -3.99. The van der Waals surface area contributed by atoms with Crippen LogP contribution in [0.5, 0.6) is 5.75 Å². The number of hydrogen-bond donors (Lipinski definition) is 1. The minimum absolute atomic E-state index is 0.00966. The third kappa shape index (κ3) is 7.44. The average Bonchev–Trinajstić information content (AvgIpc) is 3.49.